The Labute approximate surface area is 191 Å². The number of pyridine rings is 1. The average Bonchev–Trinajstić information content (AvgIpc) is 2.83. The van der Waals surface area contributed by atoms with Crippen molar-refractivity contribution in [1.29, 1.82) is 0 Å². The van der Waals surface area contributed by atoms with E-state index in [1.165, 1.54) is 7.11 Å². The summed E-state index contributed by atoms with van der Waals surface area (Å²) in [4.78, 5) is 34.0. The van der Waals surface area contributed by atoms with Gasteiger partial charge in [-0.25, -0.2) is 9.59 Å². The molecule has 2 heterocycles. The maximum absolute atomic E-state index is 13.1. The fraction of sp³-hybridized carbons (Fsp3) is 0.292. The van der Waals surface area contributed by atoms with Crippen LogP contribution in [0.1, 0.15) is 12.5 Å². The smallest absolute Gasteiger partial charge is 0.336 e. The molecule has 1 atom stereocenters. The van der Waals surface area contributed by atoms with Gasteiger partial charge in [-0.3, -0.25) is 4.98 Å². The minimum Gasteiger partial charge on any atom is -0.467 e. The first kappa shape index (κ1) is 21.9. The van der Waals surface area contributed by atoms with Gasteiger partial charge in [0.25, 0.3) is 0 Å². The number of hydrogen-bond acceptors (Lipinski definition) is 5. The van der Waals surface area contributed by atoms with E-state index in [1.54, 1.807) is 30.2 Å². The number of halogens is 1. The number of methoxy groups -OCH3 is 1. The summed E-state index contributed by atoms with van der Waals surface area (Å²) in [7, 11) is 1.32. The second-order valence-electron chi connectivity index (χ2n) is 7.88. The first-order valence-electron chi connectivity index (χ1n) is 10.4. The van der Waals surface area contributed by atoms with Gasteiger partial charge in [-0.2, -0.15) is 0 Å². The van der Waals surface area contributed by atoms with Gasteiger partial charge in [0.05, 0.1) is 12.6 Å². The Hall–Kier alpha value is -3.32. The minimum absolute atomic E-state index is 0.298. The van der Waals surface area contributed by atoms with Crippen LogP contribution in [0.15, 0.2) is 60.8 Å². The molecule has 0 saturated carbocycles. The number of fused-ring (bicyclic) bond motifs is 1. The Morgan fingerprint density at radius 2 is 1.78 bits per heavy atom. The summed E-state index contributed by atoms with van der Waals surface area (Å²) in [6.45, 7) is 4.03. The summed E-state index contributed by atoms with van der Waals surface area (Å²) < 4.78 is 4.99. The van der Waals surface area contributed by atoms with Gasteiger partial charge in [-0.1, -0.05) is 41.9 Å². The van der Waals surface area contributed by atoms with E-state index in [1.807, 2.05) is 42.5 Å². The predicted molar refractivity (Wildman–Crippen MR) is 125 cm³/mol. The van der Waals surface area contributed by atoms with Crippen LogP contribution in [0.4, 0.5) is 10.5 Å². The highest BCUT2D eigenvalue weighted by Gasteiger charge is 2.39. The van der Waals surface area contributed by atoms with Gasteiger partial charge in [0.2, 0.25) is 0 Å². The van der Waals surface area contributed by atoms with E-state index in [0.29, 0.717) is 36.8 Å². The first-order chi connectivity index (χ1) is 15.4. The van der Waals surface area contributed by atoms with Crippen LogP contribution in [-0.4, -0.2) is 55.2 Å². The number of ether oxygens (including phenoxy) is 1. The zero-order chi connectivity index (χ0) is 22.7. The van der Waals surface area contributed by atoms with Crippen LogP contribution in [0.5, 0.6) is 0 Å². The van der Waals surface area contributed by atoms with E-state index < -0.39 is 11.5 Å². The fourth-order valence-corrected chi connectivity index (χ4v) is 4.21. The Morgan fingerprint density at radius 3 is 2.47 bits per heavy atom. The standard InChI is InChI=1S/C24H25ClN4O3/c1-24(22(30)32-2,17-6-4-3-5-7-17)27-23(31)29-14-12-28(13-15-29)21-10-11-26-20-16-18(25)8-9-19(20)21/h3-11,16H,12-15H2,1-2H3,(H,27,31). The minimum atomic E-state index is -1.27. The van der Waals surface area contributed by atoms with Crippen molar-refractivity contribution in [2.75, 3.05) is 38.2 Å². The summed E-state index contributed by atoms with van der Waals surface area (Å²) in [5.41, 5.74) is 1.30. The maximum Gasteiger partial charge on any atom is 0.336 e. The number of benzene rings is 2. The van der Waals surface area contributed by atoms with Crippen molar-refractivity contribution in [3.8, 4) is 0 Å². The van der Waals surface area contributed by atoms with Gasteiger partial charge in [-0.15, -0.1) is 0 Å². The molecule has 0 aliphatic carbocycles. The number of amides is 2. The number of carbonyl (C=O) groups excluding carboxylic acids is 2. The topological polar surface area (TPSA) is 74.8 Å². The molecule has 1 saturated heterocycles. The van der Waals surface area contributed by atoms with Crippen LogP contribution in [0.2, 0.25) is 5.02 Å². The van der Waals surface area contributed by atoms with E-state index in [4.69, 9.17) is 16.3 Å². The van der Waals surface area contributed by atoms with Crippen LogP contribution in [-0.2, 0) is 15.1 Å². The Bertz CT molecular complexity index is 1130. The highest BCUT2D eigenvalue weighted by atomic mass is 35.5. The molecule has 0 radical (unpaired) electrons. The van der Waals surface area contributed by atoms with Crippen molar-refractivity contribution >= 4 is 40.2 Å². The van der Waals surface area contributed by atoms with Crippen LogP contribution < -0.4 is 10.2 Å². The third-order valence-corrected chi connectivity index (χ3v) is 6.13. The van der Waals surface area contributed by atoms with Crippen molar-refractivity contribution in [3.05, 3.63) is 71.4 Å². The first-order valence-corrected chi connectivity index (χ1v) is 10.8. The van der Waals surface area contributed by atoms with Crippen molar-refractivity contribution in [2.24, 2.45) is 0 Å². The highest BCUT2D eigenvalue weighted by molar-refractivity contribution is 6.31. The van der Waals surface area contributed by atoms with Crippen molar-refractivity contribution in [2.45, 2.75) is 12.5 Å². The van der Waals surface area contributed by atoms with E-state index in [-0.39, 0.29) is 6.03 Å². The fourth-order valence-electron chi connectivity index (χ4n) is 4.04. The SMILES string of the molecule is COC(=O)C(C)(NC(=O)N1CCN(c2ccnc3cc(Cl)ccc23)CC1)c1ccccc1. The third kappa shape index (κ3) is 4.21. The normalized spacial score (nSPS) is 15.8. The molecular weight excluding hydrogens is 428 g/mol. The number of nitrogens with one attached hydrogen (secondary N) is 1. The number of rotatable bonds is 4. The van der Waals surface area contributed by atoms with Crippen LogP contribution in [0, 0.1) is 0 Å². The van der Waals surface area contributed by atoms with Crippen LogP contribution in [0.25, 0.3) is 10.9 Å². The largest absolute Gasteiger partial charge is 0.467 e. The third-order valence-electron chi connectivity index (χ3n) is 5.89. The molecular formula is C24H25ClN4O3. The van der Waals surface area contributed by atoms with Crippen molar-refractivity contribution in [3.63, 3.8) is 0 Å². The number of esters is 1. The van der Waals surface area contributed by atoms with Gasteiger partial charge < -0.3 is 19.9 Å². The lowest BCUT2D eigenvalue weighted by atomic mass is 9.92. The summed E-state index contributed by atoms with van der Waals surface area (Å²) in [6.07, 6.45) is 1.77. The van der Waals surface area contributed by atoms with Gasteiger partial charge in [0, 0.05) is 48.5 Å². The summed E-state index contributed by atoms with van der Waals surface area (Å²) in [5, 5.41) is 4.56. The predicted octanol–water partition coefficient (Wildman–Crippen LogP) is 3.81. The van der Waals surface area contributed by atoms with E-state index in [9.17, 15) is 9.59 Å². The van der Waals surface area contributed by atoms with Crippen LogP contribution in [0.3, 0.4) is 0 Å². The zero-order valence-corrected chi connectivity index (χ0v) is 18.8. The lowest BCUT2D eigenvalue weighted by Gasteiger charge is -2.38. The van der Waals surface area contributed by atoms with E-state index in [0.717, 1.165) is 16.6 Å². The lowest BCUT2D eigenvalue weighted by Crippen LogP contribution is -2.58. The van der Waals surface area contributed by atoms with E-state index in [2.05, 4.69) is 15.2 Å². The quantitative estimate of drug-likeness (QED) is 0.609. The highest BCUT2D eigenvalue weighted by Crippen LogP contribution is 2.28. The maximum atomic E-state index is 13.1. The molecule has 1 aliphatic heterocycles. The van der Waals surface area contributed by atoms with E-state index >= 15 is 0 Å². The van der Waals surface area contributed by atoms with Gasteiger partial charge in [0.1, 0.15) is 0 Å². The molecule has 2 amide bonds. The molecule has 1 fully saturated rings. The summed E-state index contributed by atoms with van der Waals surface area (Å²) >= 11 is 6.10. The zero-order valence-electron chi connectivity index (χ0n) is 18.0. The molecule has 1 aliphatic rings. The summed E-state index contributed by atoms with van der Waals surface area (Å²) in [5.74, 6) is -0.516. The second kappa shape index (κ2) is 9.04. The number of hydrogen-bond donors (Lipinski definition) is 1. The van der Waals surface area contributed by atoms with Crippen molar-refractivity contribution in [1.82, 2.24) is 15.2 Å². The molecule has 2 aromatic carbocycles. The number of aromatic nitrogens is 1. The molecule has 4 rings (SSSR count). The van der Waals surface area contributed by atoms with Gasteiger partial charge in [-0.05, 0) is 36.8 Å². The Morgan fingerprint density at radius 1 is 1.06 bits per heavy atom. The average molecular weight is 453 g/mol. The molecule has 0 bridgehead atoms. The lowest BCUT2D eigenvalue weighted by molar-refractivity contribution is -0.148. The Balaban J connectivity index is 1.47. The van der Waals surface area contributed by atoms with Crippen molar-refractivity contribution < 1.29 is 14.3 Å². The number of anilines is 1. The molecule has 7 nitrogen and oxygen atoms in total. The second-order valence-corrected chi connectivity index (χ2v) is 8.31. The number of urea groups is 1. The molecule has 1 N–H and O–H groups in total. The number of carbonyl (C=O) groups is 2. The molecule has 32 heavy (non-hydrogen) atoms. The monoisotopic (exact) mass is 452 g/mol. The molecule has 1 unspecified atom stereocenters. The molecule has 1 aromatic heterocycles. The molecule has 0 spiro atoms. The Kier molecular flexibility index (Phi) is 6.19. The van der Waals surface area contributed by atoms with Gasteiger partial charge in [0.15, 0.2) is 5.54 Å². The molecule has 3 aromatic rings. The number of piperazine rings is 1. The van der Waals surface area contributed by atoms with Gasteiger partial charge >= 0.3 is 12.0 Å². The molecule has 166 valence electrons. The number of nitrogens with zero attached hydrogens (tertiary/aromatic N) is 3. The summed E-state index contributed by atoms with van der Waals surface area (Å²) in [6, 6.07) is 16.5. The van der Waals surface area contributed by atoms with Crippen LogP contribution >= 0.6 is 11.6 Å². The molecule has 8 heteroatoms.